The third-order valence-electron chi connectivity index (χ3n) is 2.91. The normalized spacial score (nSPS) is 14.4. The minimum atomic E-state index is -4.18. The average Bonchev–Trinajstić information content (AvgIpc) is 2.36. The number of hydrogen-bond donors (Lipinski definition) is 2. The fraction of sp³-hybridized carbons (Fsp3) is 0.364. The molecule has 0 heterocycles. The van der Waals surface area contributed by atoms with Crippen LogP contribution in [0.1, 0.15) is 13.8 Å². The highest BCUT2D eigenvalue weighted by atomic mass is 32.2. The Balaban J connectivity index is 3.06. The van der Waals surface area contributed by atoms with Gasteiger partial charge in [-0.15, -0.1) is 0 Å². The molecule has 0 spiro atoms. The van der Waals surface area contributed by atoms with Crippen LogP contribution in [0.4, 0.5) is 10.1 Å². The van der Waals surface area contributed by atoms with Gasteiger partial charge in [0.25, 0.3) is 0 Å². The van der Waals surface area contributed by atoms with Gasteiger partial charge in [-0.25, -0.2) is 13.1 Å². The fourth-order valence-electron chi connectivity index (χ4n) is 1.43. The SMILES string of the molecule is CC(NS(=O)(=O)c1ccc([N+](=O)[O-])c(F)c1)C(C)C(=O)O. The largest absolute Gasteiger partial charge is 0.481 e. The molecule has 21 heavy (non-hydrogen) atoms. The summed E-state index contributed by atoms with van der Waals surface area (Å²) in [5, 5.41) is 19.3. The number of carboxylic acid groups (broad SMARTS) is 1. The summed E-state index contributed by atoms with van der Waals surface area (Å²) in [7, 11) is -4.18. The van der Waals surface area contributed by atoms with Crippen LogP contribution in [0.2, 0.25) is 0 Å². The van der Waals surface area contributed by atoms with Gasteiger partial charge in [-0.2, -0.15) is 4.39 Å². The summed E-state index contributed by atoms with van der Waals surface area (Å²) in [5.41, 5.74) is -0.846. The summed E-state index contributed by atoms with van der Waals surface area (Å²) in [6, 6.07) is 1.18. The number of benzene rings is 1. The Labute approximate surface area is 119 Å². The van der Waals surface area contributed by atoms with Crippen LogP contribution in [-0.2, 0) is 14.8 Å². The van der Waals surface area contributed by atoms with Crippen LogP contribution in [-0.4, -0.2) is 30.5 Å². The Kier molecular flexibility index (Phi) is 4.97. The van der Waals surface area contributed by atoms with Gasteiger partial charge in [0.2, 0.25) is 15.8 Å². The number of nitrogens with zero attached hydrogens (tertiary/aromatic N) is 1. The number of halogens is 1. The lowest BCUT2D eigenvalue weighted by atomic mass is 10.1. The summed E-state index contributed by atoms with van der Waals surface area (Å²) in [6.07, 6.45) is 0. The van der Waals surface area contributed by atoms with Crippen molar-refractivity contribution in [1.29, 1.82) is 0 Å². The minimum absolute atomic E-state index is 0.513. The second-order valence-electron chi connectivity index (χ2n) is 4.41. The van der Waals surface area contributed by atoms with Gasteiger partial charge in [0, 0.05) is 18.2 Å². The maximum Gasteiger partial charge on any atom is 0.307 e. The van der Waals surface area contributed by atoms with E-state index in [2.05, 4.69) is 4.72 Å². The maximum atomic E-state index is 13.4. The first-order valence-electron chi connectivity index (χ1n) is 5.75. The predicted molar refractivity (Wildman–Crippen MR) is 69.6 cm³/mol. The van der Waals surface area contributed by atoms with Crippen molar-refractivity contribution in [1.82, 2.24) is 4.72 Å². The highest BCUT2D eigenvalue weighted by Crippen LogP contribution is 2.21. The van der Waals surface area contributed by atoms with Crippen LogP contribution in [0.25, 0.3) is 0 Å². The number of aliphatic carboxylic acids is 1. The summed E-state index contributed by atoms with van der Waals surface area (Å²) in [6.45, 7) is 2.66. The van der Waals surface area contributed by atoms with Gasteiger partial charge in [-0.05, 0) is 13.0 Å². The van der Waals surface area contributed by atoms with Gasteiger partial charge in [0.05, 0.1) is 15.7 Å². The van der Waals surface area contributed by atoms with Crippen LogP contribution < -0.4 is 4.72 Å². The molecule has 116 valence electrons. The summed E-state index contributed by atoms with van der Waals surface area (Å²) in [5.74, 6) is -3.48. The fourth-order valence-corrected chi connectivity index (χ4v) is 2.77. The van der Waals surface area contributed by atoms with Crippen molar-refractivity contribution in [2.24, 2.45) is 5.92 Å². The van der Waals surface area contributed by atoms with E-state index in [-0.39, 0.29) is 0 Å². The van der Waals surface area contributed by atoms with Gasteiger partial charge in [0.15, 0.2) is 0 Å². The van der Waals surface area contributed by atoms with E-state index in [4.69, 9.17) is 5.11 Å². The van der Waals surface area contributed by atoms with Gasteiger partial charge < -0.3 is 5.11 Å². The molecule has 0 saturated carbocycles. The van der Waals surface area contributed by atoms with E-state index in [0.717, 1.165) is 12.1 Å². The molecule has 1 aromatic carbocycles. The lowest BCUT2D eigenvalue weighted by Gasteiger charge is -2.17. The molecular weight excluding hydrogens is 307 g/mol. The first-order chi connectivity index (χ1) is 9.56. The molecule has 8 nitrogen and oxygen atoms in total. The van der Waals surface area contributed by atoms with Crippen LogP contribution >= 0.6 is 0 Å². The van der Waals surface area contributed by atoms with Gasteiger partial charge >= 0.3 is 11.7 Å². The molecule has 1 aromatic rings. The van der Waals surface area contributed by atoms with E-state index in [9.17, 15) is 27.7 Å². The molecule has 0 aliphatic rings. The van der Waals surface area contributed by atoms with Crippen molar-refractivity contribution in [3.63, 3.8) is 0 Å². The van der Waals surface area contributed by atoms with Crippen LogP contribution in [0.15, 0.2) is 23.1 Å². The topological polar surface area (TPSA) is 127 Å². The molecular formula is C11H13FN2O6S. The number of carbonyl (C=O) groups is 1. The van der Waals surface area contributed by atoms with E-state index >= 15 is 0 Å². The first kappa shape index (κ1) is 17.0. The zero-order valence-corrected chi connectivity index (χ0v) is 11.9. The van der Waals surface area contributed by atoms with Crippen molar-refractivity contribution in [3.05, 3.63) is 34.1 Å². The number of nitro groups is 1. The Hall–Kier alpha value is -2.07. The van der Waals surface area contributed by atoms with E-state index < -0.39 is 49.3 Å². The number of sulfonamides is 1. The second-order valence-corrected chi connectivity index (χ2v) is 6.12. The summed E-state index contributed by atoms with van der Waals surface area (Å²) in [4.78, 5) is 19.7. The van der Waals surface area contributed by atoms with E-state index in [1.54, 1.807) is 0 Å². The minimum Gasteiger partial charge on any atom is -0.481 e. The third kappa shape index (κ3) is 3.95. The van der Waals surface area contributed by atoms with Crippen LogP contribution in [0.5, 0.6) is 0 Å². The molecule has 0 saturated heterocycles. The Morgan fingerprint density at radius 2 is 2.00 bits per heavy atom. The first-order valence-corrected chi connectivity index (χ1v) is 7.23. The highest BCUT2D eigenvalue weighted by molar-refractivity contribution is 7.89. The molecule has 0 bridgehead atoms. The quantitative estimate of drug-likeness (QED) is 0.597. The molecule has 0 fully saturated rings. The number of rotatable bonds is 6. The van der Waals surface area contributed by atoms with Crippen LogP contribution in [0, 0.1) is 21.8 Å². The molecule has 0 aliphatic heterocycles. The number of nitro benzene ring substituents is 1. The summed E-state index contributed by atoms with van der Waals surface area (Å²) >= 11 is 0. The van der Waals surface area contributed by atoms with E-state index in [1.807, 2.05) is 0 Å². The zero-order chi connectivity index (χ0) is 16.4. The van der Waals surface area contributed by atoms with Crippen molar-refractivity contribution < 1.29 is 27.6 Å². The monoisotopic (exact) mass is 320 g/mol. The molecule has 2 unspecified atom stereocenters. The zero-order valence-electron chi connectivity index (χ0n) is 11.1. The maximum absolute atomic E-state index is 13.4. The van der Waals surface area contributed by atoms with Gasteiger partial charge in [-0.1, -0.05) is 6.92 Å². The molecule has 10 heteroatoms. The van der Waals surface area contributed by atoms with Crippen molar-refractivity contribution in [2.45, 2.75) is 24.8 Å². The predicted octanol–water partition coefficient (Wildman–Crippen LogP) is 1.12. The Bertz CT molecular complexity index is 675. The van der Waals surface area contributed by atoms with Crippen molar-refractivity contribution in [2.75, 3.05) is 0 Å². The van der Waals surface area contributed by atoms with Crippen LogP contribution in [0.3, 0.4) is 0 Å². The van der Waals surface area contributed by atoms with E-state index in [1.165, 1.54) is 13.8 Å². The Morgan fingerprint density at radius 3 is 2.43 bits per heavy atom. The molecule has 2 N–H and O–H groups in total. The van der Waals surface area contributed by atoms with Crippen molar-refractivity contribution >= 4 is 21.7 Å². The number of hydrogen-bond acceptors (Lipinski definition) is 5. The molecule has 2 atom stereocenters. The lowest BCUT2D eigenvalue weighted by Crippen LogP contribution is -2.40. The molecule has 0 aromatic heterocycles. The third-order valence-corrected chi connectivity index (χ3v) is 4.46. The molecule has 0 amide bonds. The smallest absolute Gasteiger partial charge is 0.307 e. The van der Waals surface area contributed by atoms with E-state index in [0.29, 0.717) is 6.07 Å². The lowest BCUT2D eigenvalue weighted by molar-refractivity contribution is -0.387. The number of carboxylic acids is 1. The van der Waals surface area contributed by atoms with Gasteiger partial charge in [0.1, 0.15) is 0 Å². The number of nitrogens with one attached hydrogen (secondary N) is 1. The standard InChI is InChI=1S/C11H13FN2O6S/c1-6(11(15)16)7(2)13-21(19,20)8-3-4-10(14(17)18)9(12)5-8/h3-7,13H,1-2H3,(H,15,16). The second kappa shape index (κ2) is 6.14. The molecule has 0 radical (unpaired) electrons. The highest BCUT2D eigenvalue weighted by Gasteiger charge is 2.26. The average molecular weight is 320 g/mol. The molecule has 1 rings (SSSR count). The Morgan fingerprint density at radius 1 is 1.43 bits per heavy atom. The van der Waals surface area contributed by atoms with Crippen molar-refractivity contribution in [3.8, 4) is 0 Å². The summed E-state index contributed by atoms with van der Waals surface area (Å²) < 4.78 is 39.4. The van der Waals surface area contributed by atoms with Gasteiger partial charge in [-0.3, -0.25) is 14.9 Å². The molecule has 0 aliphatic carbocycles.